The second-order valence-corrected chi connectivity index (χ2v) is 6.86. The van der Waals surface area contributed by atoms with E-state index in [1.165, 1.54) is 28.9 Å². The molecule has 1 N–H and O–H groups in total. The number of thioether (sulfide) groups is 1. The molecule has 1 fully saturated rings. The molecule has 3 heteroatoms. The third kappa shape index (κ3) is 3.56. The lowest BCUT2D eigenvalue weighted by molar-refractivity contribution is 0.405. The fraction of sp³-hybridized carbons (Fsp3) is 0.588. The Balaban J connectivity index is 2.06. The van der Waals surface area contributed by atoms with Crippen molar-refractivity contribution in [2.75, 3.05) is 12.3 Å². The van der Waals surface area contributed by atoms with Gasteiger partial charge < -0.3 is 0 Å². The first-order valence-corrected chi connectivity index (χ1v) is 8.46. The molecule has 1 unspecified atom stereocenters. The lowest BCUT2D eigenvalue weighted by Gasteiger charge is -2.28. The Kier molecular flexibility index (Phi) is 5.12. The van der Waals surface area contributed by atoms with E-state index in [2.05, 4.69) is 50.4 Å². The highest BCUT2D eigenvalue weighted by atomic mass is 32.2. The number of benzene rings is 1. The van der Waals surface area contributed by atoms with Gasteiger partial charge >= 0.3 is 0 Å². The van der Waals surface area contributed by atoms with Crippen LogP contribution in [-0.2, 0) is 0 Å². The van der Waals surface area contributed by atoms with Crippen molar-refractivity contribution in [3.63, 3.8) is 0 Å². The lowest BCUT2D eigenvalue weighted by Crippen LogP contribution is -2.48. The molecule has 0 amide bonds. The van der Waals surface area contributed by atoms with Crippen LogP contribution in [0.5, 0.6) is 0 Å². The quantitative estimate of drug-likeness (QED) is 0.768. The van der Waals surface area contributed by atoms with E-state index in [1.807, 2.05) is 11.8 Å². The Hall–Kier alpha value is -0.980. The second-order valence-electron chi connectivity index (χ2n) is 5.84. The van der Waals surface area contributed by atoms with E-state index < -0.39 is 0 Å². The van der Waals surface area contributed by atoms with Crippen molar-refractivity contribution >= 4 is 11.8 Å². The van der Waals surface area contributed by atoms with Crippen LogP contribution in [0.25, 0.3) is 0 Å². The average Bonchev–Trinajstić information content (AvgIpc) is 3.26. The topological polar surface area (TPSA) is 35.8 Å². The van der Waals surface area contributed by atoms with E-state index >= 15 is 0 Å². The molecule has 1 saturated carbocycles. The molecule has 1 aromatic carbocycles. The molecule has 1 aromatic rings. The number of hydrogen-bond donors (Lipinski definition) is 1. The Labute approximate surface area is 127 Å². The largest absolute Gasteiger partial charge is 0.298 e. The molecule has 0 aromatic heterocycles. The van der Waals surface area contributed by atoms with Gasteiger partial charge in [-0.1, -0.05) is 24.6 Å². The molecule has 1 aliphatic rings. The van der Waals surface area contributed by atoms with Crippen LogP contribution in [0.2, 0.25) is 0 Å². The smallest absolute Gasteiger partial charge is 0.119 e. The molecule has 0 spiro atoms. The van der Waals surface area contributed by atoms with Gasteiger partial charge in [-0.15, -0.1) is 11.8 Å². The lowest BCUT2D eigenvalue weighted by atomic mass is 9.97. The summed E-state index contributed by atoms with van der Waals surface area (Å²) < 4.78 is 0. The van der Waals surface area contributed by atoms with Crippen LogP contribution < -0.4 is 5.32 Å². The van der Waals surface area contributed by atoms with Crippen LogP contribution in [0, 0.1) is 31.1 Å². The minimum atomic E-state index is -0.335. The number of rotatable bonds is 7. The minimum absolute atomic E-state index is 0.335. The van der Waals surface area contributed by atoms with E-state index in [0.29, 0.717) is 5.92 Å². The van der Waals surface area contributed by atoms with Gasteiger partial charge in [0.05, 0.1) is 6.07 Å². The van der Waals surface area contributed by atoms with Crippen molar-refractivity contribution in [2.24, 2.45) is 5.92 Å². The molecule has 0 aliphatic heterocycles. The highest BCUT2D eigenvalue weighted by Crippen LogP contribution is 2.42. The van der Waals surface area contributed by atoms with Crippen LogP contribution in [0.3, 0.4) is 0 Å². The highest BCUT2D eigenvalue weighted by Gasteiger charge is 2.45. The van der Waals surface area contributed by atoms with Gasteiger partial charge in [-0.05, 0) is 57.2 Å². The van der Waals surface area contributed by atoms with Crippen molar-refractivity contribution < 1.29 is 0 Å². The first-order valence-electron chi connectivity index (χ1n) is 7.47. The van der Waals surface area contributed by atoms with Crippen LogP contribution in [0.15, 0.2) is 23.1 Å². The number of aryl methyl sites for hydroxylation is 2. The maximum atomic E-state index is 9.68. The molecular weight excluding hydrogens is 264 g/mol. The summed E-state index contributed by atoms with van der Waals surface area (Å²) in [5.41, 5.74) is 2.27. The number of hydrogen-bond acceptors (Lipinski definition) is 3. The van der Waals surface area contributed by atoms with Gasteiger partial charge in [0.2, 0.25) is 0 Å². The van der Waals surface area contributed by atoms with Crippen LogP contribution in [0.4, 0.5) is 0 Å². The molecule has 0 bridgehead atoms. The molecule has 2 nitrogen and oxygen atoms in total. The van der Waals surface area contributed by atoms with Crippen LogP contribution in [0.1, 0.15) is 37.3 Å². The Bertz CT molecular complexity index is 502. The maximum Gasteiger partial charge on any atom is 0.119 e. The van der Waals surface area contributed by atoms with Crippen LogP contribution >= 0.6 is 11.8 Å². The van der Waals surface area contributed by atoms with Gasteiger partial charge in [0, 0.05) is 10.6 Å². The first-order chi connectivity index (χ1) is 9.61. The summed E-state index contributed by atoms with van der Waals surface area (Å²) in [7, 11) is 0. The molecular formula is C17H24N2S. The van der Waals surface area contributed by atoms with Crippen LogP contribution in [-0.4, -0.2) is 17.8 Å². The van der Waals surface area contributed by atoms with Crippen molar-refractivity contribution in [3.05, 3.63) is 29.3 Å². The molecule has 0 heterocycles. The molecule has 1 aliphatic carbocycles. The van der Waals surface area contributed by atoms with Gasteiger partial charge in [0.15, 0.2) is 0 Å². The summed E-state index contributed by atoms with van der Waals surface area (Å²) in [6.45, 7) is 7.35. The zero-order chi connectivity index (χ0) is 14.6. The standard InChI is InChI=1S/C17H24N2S/c1-4-9-19-17(11-18,15-6-7-15)12-20-16-8-5-13(2)10-14(16)3/h5,8,10,15,19H,4,6-7,9,12H2,1-3H3. The Morgan fingerprint density at radius 3 is 2.70 bits per heavy atom. The minimum Gasteiger partial charge on any atom is -0.298 e. The summed E-state index contributed by atoms with van der Waals surface area (Å²) in [5.74, 6) is 1.38. The fourth-order valence-corrected chi connectivity index (χ4v) is 3.79. The summed E-state index contributed by atoms with van der Waals surface area (Å²) >= 11 is 1.82. The molecule has 0 saturated heterocycles. The molecule has 2 rings (SSSR count). The molecule has 20 heavy (non-hydrogen) atoms. The Morgan fingerprint density at radius 2 is 2.15 bits per heavy atom. The zero-order valence-electron chi connectivity index (χ0n) is 12.7. The van der Waals surface area contributed by atoms with E-state index in [-0.39, 0.29) is 5.54 Å². The molecule has 1 atom stereocenters. The van der Waals surface area contributed by atoms with Crippen molar-refractivity contribution in [1.82, 2.24) is 5.32 Å². The summed E-state index contributed by atoms with van der Waals surface area (Å²) in [6.07, 6.45) is 3.46. The summed E-state index contributed by atoms with van der Waals surface area (Å²) in [4.78, 5) is 1.30. The van der Waals surface area contributed by atoms with E-state index in [1.54, 1.807) is 0 Å². The molecule has 108 valence electrons. The van der Waals surface area contributed by atoms with E-state index in [9.17, 15) is 5.26 Å². The SMILES string of the molecule is CCCNC(C#N)(CSc1ccc(C)cc1C)C1CC1. The zero-order valence-corrected chi connectivity index (χ0v) is 13.5. The van der Waals surface area contributed by atoms with E-state index in [4.69, 9.17) is 0 Å². The second kappa shape index (κ2) is 6.65. The normalized spacial score (nSPS) is 17.5. The highest BCUT2D eigenvalue weighted by molar-refractivity contribution is 7.99. The Morgan fingerprint density at radius 1 is 1.40 bits per heavy atom. The predicted molar refractivity (Wildman–Crippen MR) is 86.0 cm³/mol. The van der Waals surface area contributed by atoms with Gasteiger partial charge in [-0.2, -0.15) is 5.26 Å². The third-order valence-electron chi connectivity index (χ3n) is 3.95. The first kappa shape index (κ1) is 15.4. The van der Waals surface area contributed by atoms with Gasteiger partial charge in [-0.25, -0.2) is 0 Å². The molecule has 0 radical (unpaired) electrons. The number of nitriles is 1. The van der Waals surface area contributed by atoms with Crippen molar-refractivity contribution in [3.8, 4) is 6.07 Å². The van der Waals surface area contributed by atoms with Crippen molar-refractivity contribution in [2.45, 2.75) is 50.5 Å². The average molecular weight is 288 g/mol. The number of nitrogens with one attached hydrogen (secondary N) is 1. The van der Waals surface area contributed by atoms with Crippen molar-refractivity contribution in [1.29, 1.82) is 5.26 Å². The monoisotopic (exact) mass is 288 g/mol. The van der Waals surface area contributed by atoms with Gasteiger partial charge in [0.1, 0.15) is 5.54 Å². The number of nitrogens with zero attached hydrogens (tertiary/aromatic N) is 1. The van der Waals surface area contributed by atoms with E-state index in [0.717, 1.165) is 18.7 Å². The van der Waals surface area contributed by atoms with Gasteiger partial charge in [0.25, 0.3) is 0 Å². The van der Waals surface area contributed by atoms with Gasteiger partial charge in [-0.3, -0.25) is 5.32 Å². The summed E-state index contributed by atoms with van der Waals surface area (Å²) in [5, 5.41) is 13.2. The maximum absolute atomic E-state index is 9.68. The summed E-state index contributed by atoms with van der Waals surface area (Å²) in [6, 6.07) is 9.13. The fourth-order valence-electron chi connectivity index (χ4n) is 2.55. The predicted octanol–water partition coefficient (Wildman–Crippen LogP) is 4.07. The third-order valence-corrected chi connectivity index (χ3v) is 5.32.